The molecule has 1 aliphatic rings. The second-order valence-corrected chi connectivity index (χ2v) is 7.26. The van der Waals surface area contributed by atoms with Crippen molar-refractivity contribution in [1.82, 2.24) is 9.97 Å². The van der Waals surface area contributed by atoms with Crippen LogP contribution in [0, 0.1) is 16.7 Å². The highest BCUT2D eigenvalue weighted by atomic mass is 15.2. The maximum Gasteiger partial charge on any atom is 0.129 e. The van der Waals surface area contributed by atoms with E-state index >= 15 is 0 Å². The maximum absolute atomic E-state index is 9.86. The van der Waals surface area contributed by atoms with Crippen LogP contribution in [0.15, 0.2) is 67.0 Å². The van der Waals surface area contributed by atoms with Gasteiger partial charge in [0.05, 0.1) is 17.5 Å². The van der Waals surface area contributed by atoms with Crippen LogP contribution in [0.4, 0.5) is 11.5 Å². The first-order valence-electron chi connectivity index (χ1n) is 9.60. The number of hydrogen-bond acceptors (Lipinski definition) is 6. The highest BCUT2D eigenvalue weighted by Gasteiger charge is 2.38. The Labute approximate surface area is 170 Å². The number of nitriles is 1. The van der Waals surface area contributed by atoms with Crippen molar-refractivity contribution in [3.05, 3.63) is 83.8 Å². The molecule has 0 saturated carbocycles. The van der Waals surface area contributed by atoms with Gasteiger partial charge in [-0.1, -0.05) is 24.3 Å². The minimum atomic E-state index is -0.555. The van der Waals surface area contributed by atoms with E-state index in [1.165, 1.54) is 0 Å². The van der Waals surface area contributed by atoms with E-state index in [4.69, 9.17) is 11.1 Å². The van der Waals surface area contributed by atoms with Crippen LogP contribution >= 0.6 is 0 Å². The molecule has 3 aromatic rings. The second kappa shape index (κ2) is 7.72. The molecule has 0 amide bonds. The van der Waals surface area contributed by atoms with E-state index in [9.17, 15) is 5.26 Å². The van der Waals surface area contributed by atoms with E-state index < -0.39 is 5.41 Å². The normalized spacial score (nSPS) is 15.5. The average Bonchev–Trinajstić information content (AvgIpc) is 2.80. The molecule has 29 heavy (non-hydrogen) atoms. The Morgan fingerprint density at radius 3 is 2.48 bits per heavy atom. The lowest BCUT2D eigenvalue weighted by Gasteiger charge is -2.37. The number of nitrogen functional groups attached to an aromatic ring is 1. The molecule has 1 aromatic carbocycles. The molecule has 0 aliphatic carbocycles. The summed E-state index contributed by atoms with van der Waals surface area (Å²) in [5.74, 6) is 0.814. The summed E-state index contributed by atoms with van der Waals surface area (Å²) in [6, 6.07) is 19.4. The number of nitrogens with one attached hydrogen (secondary N) is 1. The van der Waals surface area contributed by atoms with E-state index in [0.717, 1.165) is 17.1 Å². The van der Waals surface area contributed by atoms with Gasteiger partial charge >= 0.3 is 0 Å². The summed E-state index contributed by atoms with van der Waals surface area (Å²) in [7, 11) is 0. The van der Waals surface area contributed by atoms with Crippen LogP contribution in [0.5, 0.6) is 0 Å². The Hall–Kier alpha value is -3.72. The number of anilines is 2. The van der Waals surface area contributed by atoms with Gasteiger partial charge < -0.3 is 10.6 Å². The Morgan fingerprint density at radius 2 is 1.79 bits per heavy atom. The van der Waals surface area contributed by atoms with Crippen molar-refractivity contribution in [1.29, 1.82) is 10.7 Å². The fraction of sp³-hybridized carbons (Fsp3) is 0.217. The van der Waals surface area contributed by atoms with E-state index in [0.29, 0.717) is 42.9 Å². The lowest BCUT2D eigenvalue weighted by molar-refractivity contribution is 0.405. The van der Waals surface area contributed by atoms with Crippen molar-refractivity contribution in [2.24, 2.45) is 0 Å². The zero-order valence-electron chi connectivity index (χ0n) is 16.0. The van der Waals surface area contributed by atoms with Gasteiger partial charge in [-0.25, -0.2) is 4.98 Å². The third kappa shape index (κ3) is 3.55. The van der Waals surface area contributed by atoms with Gasteiger partial charge in [-0.3, -0.25) is 10.4 Å². The van der Waals surface area contributed by atoms with Gasteiger partial charge in [0.2, 0.25) is 0 Å². The van der Waals surface area contributed by atoms with Crippen LogP contribution in [0.3, 0.4) is 0 Å². The predicted octanol–water partition coefficient (Wildman–Crippen LogP) is 3.54. The Balaban J connectivity index is 1.54. The Morgan fingerprint density at radius 1 is 1.03 bits per heavy atom. The molecule has 1 aliphatic heterocycles. The predicted molar refractivity (Wildman–Crippen MR) is 114 cm³/mol. The quantitative estimate of drug-likeness (QED) is 0.531. The van der Waals surface area contributed by atoms with E-state index in [1.54, 1.807) is 18.5 Å². The zero-order chi connectivity index (χ0) is 20.3. The molecule has 0 unspecified atom stereocenters. The van der Waals surface area contributed by atoms with Gasteiger partial charge in [-0.05, 0) is 43.2 Å². The molecule has 6 nitrogen and oxygen atoms in total. The smallest absolute Gasteiger partial charge is 0.129 e. The molecule has 6 heteroatoms. The average molecular weight is 382 g/mol. The van der Waals surface area contributed by atoms with Crippen LogP contribution in [-0.2, 0) is 5.41 Å². The SMILES string of the molecule is N#CC1(c2ccccn2)CCN(c2cc(C(=N)c3ccccc3N)ccn2)CC1. The molecule has 0 spiro atoms. The van der Waals surface area contributed by atoms with Gasteiger partial charge in [-0.15, -0.1) is 0 Å². The lowest BCUT2D eigenvalue weighted by atomic mass is 9.76. The monoisotopic (exact) mass is 382 g/mol. The van der Waals surface area contributed by atoms with Crippen LogP contribution in [0.2, 0.25) is 0 Å². The third-order valence-corrected chi connectivity index (χ3v) is 5.57. The number of piperidine rings is 1. The van der Waals surface area contributed by atoms with E-state index in [2.05, 4.69) is 20.9 Å². The fourth-order valence-corrected chi connectivity index (χ4v) is 3.82. The van der Waals surface area contributed by atoms with Crippen LogP contribution in [0.1, 0.15) is 29.7 Å². The van der Waals surface area contributed by atoms with Crippen LogP contribution in [0.25, 0.3) is 0 Å². The second-order valence-electron chi connectivity index (χ2n) is 7.26. The van der Waals surface area contributed by atoms with Crippen molar-refractivity contribution < 1.29 is 0 Å². The Kier molecular flexibility index (Phi) is 4.96. The molecule has 1 fully saturated rings. The summed E-state index contributed by atoms with van der Waals surface area (Å²) in [6.07, 6.45) is 4.85. The Bertz CT molecular complexity index is 1060. The van der Waals surface area contributed by atoms with Gasteiger partial charge in [0, 0.05) is 42.3 Å². The first-order valence-corrected chi connectivity index (χ1v) is 9.60. The number of rotatable bonds is 4. The molecule has 0 bridgehead atoms. The maximum atomic E-state index is 9.86. The lowest BCUT2D eigenvalue weighted by Crippen LogP contribution is -2.42. The summed E-state index contributed by atoms with van der Waals surface area (Å²) < 4.78 is 0. The number of nitrogens with two attached hydrogens (primary N) is 1. The summed E-state index contributed by atoms with van der Waals surface area (Å²) in [5.41, 5.74) is 8.77. The molecular weight excluding hydrogens is 360 g/mol. The minimum absolute atomic E-state index is 0.378. The first-order chi connectivity index (χ1) is 14.1. The third-order valence-electron chi connectivity index (χ3n) is 5.57. The van der Waals surface area contributed by atoms with Crippen molar-refractivity contribution in [3.63, 3.8) is 0 Å². The van der Waals surface area contributed by atoms with E-state index in [-0.39, 0.29) is 0 Å². The summed E-state index contributed by atoms with van der Waals surface area (Å²) in [4.78, 5) is 11.1. The minimum Gasteiger partial charge on any atom is -0.398 e. The molecule has 0 radical (unpaired) electrons. The number of pyridine rings is 2. The van der Waals surface area contributed by atoms with Gasteiger partial charge in [-0.2, -0.15) is 5.26 Å². The molecule has 144 valence electrons. The van der Waals surface area contributed by atoms with Crippen molar-refractivity contribution >= 4 is 17.2 Å². The topological polar surface area (TPSA) is 103 Å². The van der Waals surface area contributed by atoms with Gasteiger partial charge in [0.1, 0.15) is 11.2 Å². The standard InChI is InChI=1S/C23H22N6/c24-16-23(20-7-3-4-11-27-20)9-13-29(14-10-23)21-15-17(8-12-28-21)22(26)18-5-1-2-6-19(18)25/h1-8,11-12,15,26H,9-10,13-14,25H2. The molecule has 4 rings (SSSR count). The largest absolute Gasteiger partial charge is 0.398 e. The summed E-state index contributed by atoms with van der Waals surface area (Å²) >= 11 is 0. The number of nitrogens with zero attached hydrogens (tertiary/aromatic N) is 4. The number of para-hydroxylation sites is 1. The van der Waals surface area contributed by atoms with Gasteiger partial charge in [0.25, 0.3) is 0 Å². The fourth-order valence-electron chi connectivity index (χ4n) is 3.82. The first kappa shape index (κ1) is 18.6. The molecule has 3 heterocycles. The van der Waals surface area contributed by atoms with Crippen molar-refractivity contribution in [2.75, 3.05) is 23.7 Å². The highest BCUT2D eigenvalue weighted by Crippen LogP contribution is 2.35. The molecule has 0 atom stereocenters. The number of hydrogen-bond donors (Lipinski definition) is 2. The zero-order valence-corrected chi connectivity index (χ0v) is 16.0. The van der Waals surface area contributed by atoms with Crippen LogP contribution in [-0.4, -0.2) is 28.8 Å². The summed E-state index contributed by atoms with van der Waals surface area (Å²) in [6.45, 7) is 1.42. The van der Waals surface area contributed by atoms with Crippen molar-refractivity contribution in [2.45, 2.75) is 18.3 Å². The number of aromatic nitrogens is 2. The number of benzene rings is 1. The van der Waals surface area contributed by atoms with Gasteiger partial charge in [0.15, 0.2) is 0 Å². The molecule has 1 saturated heterocycles. The van der Waals surface area contributed by atoms with Crippen molar-refractivity contribution in [3.8, 4) is 6.07 Å². The molecule has 2 aromatic heterocycles. The summed E-state index contributed by atoms with van der Waals surface area (Å²) in [5, 5.41) is 18.4. The molecule has 3 N–H and O–H groups in total. The van der Waals surface area contributed by atoms with E-state index in [1.807, 2.05) is 48.5 Å². The molecular formula is C23H22N6. The van der Waals surface area contributed by atoms with Crippen LogP contribution < -0.4 is 10.6 Å². The highest BCUT2D eigenvalue weighted by molar-refractivity contribution is 6.14.